The lowest BCUT2D eigenvalue weighted by Crippen LogP contribution is -2.09. The molecule has 0 amide bonds. The standard InChI is InChI=1S/C44H32N2/c1-4-10-33(11-5-1)35-16-23-41(24-17-35)46(42-25-18-36(19-26-42)34-12-6-2-7-13-34)43-27-20-37(21-28-43)38-22-29-44-39(32-38)30-31-45(44)40-14-8-3-9-15-40/h1-32H. The third-order valence-corrected chi connectivity index (χ3v) is 8.65. The average Bonchev–Trinajstić information content (AvgIpc) is 3.57. The fourth-order valence-electron chi connectivity index (χ4n) is 6.25. The minimum Gasteiger partial charge on any atom is -0.317 e. The van der Waals surface area contributed by atoms with Crippen LogP contribution in [-0.4, -0.2) is 4.57 Å². The average molecular weight is 589 g/mol. The Balaban J connectivity index is 1.14. The first-order valence-corrected chi connectivity index (χ1v) is 15.7. The molecular formula is C44H32N2. The van der Waals surface area contributed by atoms with E-state index in [0.29, 0.717) is 0 Å². The fourth-order valence-corrected chi connectivity index (χ4v) is 6.25. The summed E-state index contributed by atoms with van der Waals surface area (Å²) in [6, 6.07) is 67.1. The molecule has 0 atom stereocenters. The van der Waals surface area contributed by atoms with Gasteiger partial charge >= 0.3 is 0 Å². The van der Waals surface area contributed by atoms with E-state index in [2.05, 4.69) is 204 Å². The van der Waals surface area contributed by atoms with Crippen molar-refractivity contribution in [3.63, 3.8) is 0 Å². The van der Waals surface area contributed by atoms with Crippen LogP contribution in [0.1, 0.15) is 0 Å². The molecule has 0 fully saturated rings. The largest absolute Gasteiger partial charge is 0.317 e. The van der Waals surface area contributed by atoms with Gasteiger partial charge in [0.25, 0.3) is 0 Å². The second kappa shape index (κ2) is 12.1. The third kappa shape index (κ3) is 5.38. The van der Waals surface area contributed by atoms with Gasteiger partial charge in [0.15, 0.2) is 0 Å². The summed E-state index contributed by atoms with van der Waals surface area (Å²) < 4.78 is 2.24. The molecule has 0 radical (unpaired) electrons. The minimum atomic E-state index is 1.11. The lowest BCUT2D eigenvalue weighted by atomic mass is 10.0. The maximum absolute atomic E-state index is 2.33. The summed E-state index contributed by atoms with van der Waals surface area (Å²) in [5.74, 6) is 0. The molecule has 0 bridgehead atoms. The highest BCUT2D eigenvalue weighted by Gasteiger charge is 2.14. The lowest BCUT2D eigenvalue weighted by molar-refractivity contribution is 1.13. The number of aromatic nitrogens is 1. The third-order valence-electron chi connectivity index (χ3n) is 8.65. The summed E-state index contributed by atoms with van der Waals surface area (Å²) in [5, 5.41) is 1.23. The zero-order chi connectivity index (χ0) is 30.7. The van der Waals surface area contributed by atoms with Gasteiger partial charge in [0.2, 0.25) is 0 Å². The molecule has 0 spiro atoms. The fraction of sp³-hybridized carbons (Fsp3) is 0. The Kier molecular flexibility index (Phi) is 7.22. The topological polar surface area (TPSA) is 8.17 Å². The van der Waals surface area contributed by atoms with Gasteiger partial charge in [-0.05, 0) is 100 Å². The molecule has 1 heterocycles. The van der Waals surface area contributed by atoms with Crippen LogP contribution < -0.4 is 4.90 Å². The van der Waals surface area contributed by atoms with Crippen molar-refractivity contribution in [2.75, 3.05) is 4.90 Å². The number of benzene rings is 7. The van der Waals surface area contributed by atoms with Gasteiger partial charge in [-0.25, -0.2) is 0 Å². The molecule has 8 aromatic rings. The van der Waals surface area contributed by atoms with Gasteiger partial charge in [-0.1, -0.05) is 121 Å². The highest BCUT2D eigenvalue weighted by atomic mass is 15.1. The van der Waals surface area contributed by atoms with E-state index in [9.17, 15) is 0 Å². The summed E-state index contributed by atoms with van der Waals surface area (Å²) in [6.07, 6.45) is 2.15. The van der Waals surface area contributed by atoms with Crippen LogP contribution in [0.3, 0.4) is 0 Å². The Hall–Kier alpha value is -6.12. The van der Waals surface area contributed by atoms with Crippen LogP contribution in [0.2, 0.25) is 0 Å². The molecule has 0 N–H and O–H groups in total. The summed E-state index contributed by atoms with van der Waals surface area (Å²) in [7, 11) is 0. The highest BCUT2D eigenvalue weighted by Crippen LogP contribution is 2.38. The van der Waals surface area contributed by atoms with Gasteiger partial charge in [0, 0.05) is 34.3 Å². The Morgan fingerprint density at radius 1 is 0.326 bits per heavy atom. The monoisotopic (exact) mass is 588 g/mol. The molecule has 0 aliphatic carbocycles. The molecule has 8 rings (SSSR count). The predicted molar refractivity (Wildman–Crippen MR) is 194 cm³/mol. The van der Waals surface area contributed by atoms with E-state index in [0.717, 1.165) is 17.1 Å². The van der Waals surface area contributed by atoms with Crippen LogP contribution in [0.4, 0.5) is 17.1 Å². The molecule has 0 saturated carbocycles. The van der Waals surface area contributed by atoms with E-state index in [1.807, 2.05) is 0 Å². The number of fused-ring (bicyclic) bond motifs is 1. The first-order valence-electron chi connectivity index (χ1n) is 15.7. The number of hydrogen-bond donors (Lipinski definition) is 0. The second-order valence-electron chi connectivity index (χ2n) is 11.5. The zero-order valence-electron chi connectivity index (χ0n) is 25.4. The van der Waals surface area contributed by atoms with Crippen molar-refractivity contribution < 1.29 is 0 Å². The molecule has 1 aromatic heterocycles. The summed E-state index contributed by atoms with van der Waals surface area (Å²) in [6.45, 7) is 0. The Bertz CT molecular complexity index is 2110. The van der Waals surface area contributed by atoms with Gasteiger partial charge in [-0.2, -0.15) is 0 Å². The number of rotatable bonds is 7. The van der Waals surface area contributed by atoms with Gasteiger partial charge in [-0.3, -0.25) is 0 Å². The second-order valence-corrected chi connectivity index (χ2v) is 11.5. The van der Waals surface area contributed by atoms with Crippen molar-refractivity contribution in [1.82, 2.24) is 4.57 Å². The minimum absolute atomic E-state index is 1.11. The normalized spacial score (nSPS) is 11.0. The summed E-state index contributed by atoms with van der Waals surface area (Å²) >= 11 is 0. The molecule has 7 aromatic carbocycles. The lowest BCUT2D eigenvalue weighted by Gasteiger charge is -2.26. The smallest absolute Gasteiger partial charge is 0.0528 e. The van der Waals surface area contributed by atoms with Gasteiger partial charge in [0.1, 0.15) is 0 Å². The molecule has 0 unspecified atom stereocenters. The van der Waals surface area contributed by atoms with E-state index in [1.54, 1.807) is 0 Å². The zero-order valence-corrected chi connectivity index (χ0v) is 25.4. The maximum atomic E-state index is 2.33. The van der Waals surface area contributed by atoms with Crippen molar-refractivity contribution in [2.45, 2.75) is 0 Å². The first-order chi connectivity index (χ1) is 22.8. The van der Waals surface area contributed by atoms with Crippen molar-refractivity contribution in [3.8, 4) is 39.1 Å². The van der Waals surface area contributed by atoms with Crippen molar-refractivity contribution >= 4 is 28.0 Å². The number of nitrogens with zero attached hydrogens (tertiary/aromatic N) is 2. The van der Waals surface area contributed by atoms with Gasteiger partial charge in [0.05, 0.1) is 5.52 Å². The Labute approximate surface area is 270 Å². The van der Waals surface area contributed by atoms with E-state index in [-0.39, 0.29) is 0 Å². The van der Waals surface area contributed by atoms with Crippen molar-refractivity contribution in [1.29, 1.82) is 0 Å². The molecule has 2 heteroatoms. The molecule has 0 saturated heterocycles. The summed E-state index contributed by atoms with van der Waals surface area (Å²) in [4.78, 5) is 2.33. The van der Waals surface area contributed by atoms with Crippen LogP contribution >= 0.6 is 0 Å². The molecular weight excluding hydrogens is 556 g/mol. The first kappa shape index (κ1) is 27.4. The SMILES string of the molecule is c1ccc(-c2ccc(N(c3ccc(-c4ccccc4)cc3)c3ccc(-c4ccc5c(ccn5-c5ccccc5)c4)cc3)cc2)cc1. The quantitative estimate of drug-likeness (QED) is 0.180. The van der Waals surface area contributed by atoms with E-state index in [4.69, 9.17) is 0 Å². The van der Waals surface area contributed by atoms with E-state index in [1.165, 1.54) is 50.0 Å². The van der Waals surface area contributed by atoms with Crippen LogP contribution in [0.15, 0.2) is 194 Å². The Morgan fingerprint density at radius 3 is 1.20 bits per heavy atom. The van der Waals surface area contributed by atoms with E-state index < -0.39 is 0 Å². The number of hydrogen-bond acceptors (Lipinski definition) is 1. The number of anilines is 3. The molecule has 2 nitrogen and oxygen atoms in total. The predicted octanol–water partition coefficient (Wildman–Crippen LogP) is 12.1. The van der Waals surface area contributed by atoms with Gasteiger partial charge in [-0.15, -0.1) is 0 Å². The van der Waals surface area contributed by atoms with E-state index >= 15 is 0 Å². The highest BCUT2D eigenvalue weighted by molar-refractivity contribution is 5.88. The molecule has 46 heavy (non-hydrogen) atoms. The van der Waals surface area contributed by atoms with Crippen molar-refractivity contribution in [2.24, 2.45) is 0 Å². The summed E-state index contributed by atoms with van der Waals surface area (Å²) in [5.41, 5.74) is 13.0. The molecule has 0 aliphatic rings. The van der Waals surface area contributed by atoms with Crippen molar-refractivity contribution in [3.05, 3.63) is 194 Å². The van der Waals surface area contributed by atoms with Crippen LogP contribution in [0, 0.1) is 0 Å². The maximum Gasteiger partial charge on any atom is 0.0528 e. The van der Waals surface area contributed by atoms with Gasteiger partial charge < -0.3 is 9.47 Å². The van der Waals surface area contributed by atoms with Crippen LogP contribution in [0.25, 0.3) is 50.0 Å². The Morgan fingerprint density at radius 2 is 0.717 bits per heavy atom. The number of para-hydroxylation sites is 1. The van der Waals surface area contributed by atoms with Crippen LogP contribution in [-0.2, 0) is 0 Å². The molecule has 0 aliphatic heterocycles. The molecule has 218 valence electrons. The van der Waals surface area contributed by atoms with Crippen LogP contribution in [0.5, 0.6) is 0 Å².